The molecule has 2 N–H and O–H groups in total. The van der Waals surface area contributed by atoms with Gasteiger partial charge in [0, 0.05) is 4.88 Å². The minimum Gasteiger partial charge on any atom is -0.330 e. The zero-order chi connectivity index (χ0) is 9.15. The Hall–Kier alpha value is -0.340. The van der Waals surface area contributed by atoms with Crippen LogP contribution in [0.2, 0.25) is 0 Å². The van der Waals surface area contributed by atoms with Gasteiger partial charge < -0.3 is 5.73 Å². The van der Waals surface area contributed by atoms with Crippen molar-refractivity contribution in [2.45, 2.75) is 32.1 Å². The van der Waals surface area contributed by atoms with Crippen LogP contribution in [0, 0.1) is 5.41 Å². The van der Waals surface area contributed by atoms with Gasteiger partial charge in [-0.1, -0.05) is 18.9 Å². The van der Waals surface area contributed by atoms with E-state index in [1.807, 2.05) is 11.3 Å². The molecule has 0 saturated heterocycles. The topological polar surface area (TPSA) is 26.0 Å². The van der Waals surface area contributed by atoms with Crippen molar-refractivity contribution < 1.29 is 0 Å². The van der Waals surface area contributed by atoms with E-state index in [-0.39, 0.29) is 0 Å². The van der Waals surface area contributed by atoms with Gasteiger partial charge in [-0.25, -0.2) is 0 Å². The van der Waals surface area contributed by atoms with Gasteiger partial charge in [0.2, 0.25) is 0 Å². The summed E-state index contributed by atoms with van der Waals surface area (Å²) in [5.41, 5.74) is 6.34. The van der Waals surface area contributed by atoms with Crippen molar-refractivity contribution in [3.05, 3.63) is 22.4 Å². The molecule has 0 bridgehead atoms. The largest absolute Gasteiger partial charge is 0.330 e. The monoisotopic (exact) mass is 195 g/mol. The van der Waals surface area contributed by atoms with Gasteiger partial charge in [0.1, 0.15) is 0 Å². The normalized spacial score (nSPS) is 20.7. The second-order valence-electron chi connectivity index (χ2n) is 4.17. The van der Waals surface area contributed by atoms with E-state index in [0.717, 1.165) is 6.54 Å². The molecule has 1 aromatic rings. The first-order chi connectivity index (χ1) is 6.35. The lowest BCUT2D eigenvalue weighted by Gasteiger charge is -2.26. The van der Waals surface area contributed by atoms with Crippen molar-refractivity contribution in [3.63, 3.8) is 0 Å². The van der Waals surface area contributed by atoms with E-state index in [4.69, 9.17) is 5.73 Å². The lowest BCUT2D eigenvalue weighted by Crippen LogP contribution is -2.29. The molecule has 1 fully saturated rings. The zero-order valence-corrected chi connectivity index (χ0v) is 8.78. The highest BCUT2D eigenvalue weighted by Crippen LogP contribution is 2.40. The van der Waals surface area contributed by atoms with Gasteiger partial charge >= 0.3 is 0 Å². The third-order valence-electron chi connectivity index (χ3n) is 3.23. The molecule has 0 aromatic carbocycles. The fourth-order valence-corrected chi connectivity index (χ4v) is 3.24. The summed E-state index contributed by atoms with van der Waals surface area (Å²) < 4.78 is 0. The van der Waals surface area contributed by atoms with Gasteiger partial charge in [-0.2, -0.15) is 0 Å². The van der Waals surface area contributed by atoms with E-state index < -0.39 is 0 Å². The quantitative estimate of drug-likeness (QED) is 0.788. The second kappa shape index (κ2) is 3.81. The van der Waals surface area contributed by atoms with Crippen molar-refractivity contribution in [2.75, 3.05) is 6.54 Å². The highest BCUT2D eigenvalue weighted by Gasteiger charge is 2.32. The molecule has 2 rings (SSSR count). The maximum absolute atomic E-state index is 5.89. The predicted octanol–water partition coefficient (Wildman–Crippen LogP) is 2.81. The van der Waals surface area contributed by atoms with Crippen LogP contribution in [-0.4, -0.2) is 6.54 Å². The summed E-state index contributed by atoms with van der Waals surface area (Å²) in [6.07, 6.45) is 6.63. The maximum Gasteiger partial charge on any atom is 0.00512 e. The molecule has 0 radical (unpaired) electrons. The van der Waals surface area contributed by atoms with Crippen LogP contribution in [0.5, 0.6) is 0 Å². The Kier molecular flexibility index (Phi) is 2.70. The molecular weight excluding hydrogens is 178 g/mol. The van der Waals surface area contributed by atoms with E-state index in [9.17, 15) is 0 Å². The van der Waals surface area contributed by atoms with E-state index in [1.54, 1.807) is 0 Å². The number of nitrogens with two attached hydrogens (primary N) is 1. The van der Waals surface area contributed by atoms with Gasteiger partial charge in [0.15, 0.2) is 0 Å². The second-order valence-corrected chi connectivity index (χ2v) is 5.20. The SMILES string of the molecule is NCC1(Cc2cccs2)CCCC1. The van der Waals surface area contributed by atoms with Crippen LogP contribution in [0.4, 0.5) is 0 Å². The maximum atomic E-state index is 5.89. The minimum atomic E-state index is 0.449. The fraction of sp³-hybridized carbons (Fsp3) is 0.636. The Bertz CT molecular complexity index is 247. The Balaban J connectivity index is 2.06. The van der Waals surface area contributed by atoms with Crippen molar-refractivity contribution >= 4 is 11.3 Å². The van der Waals surface area contributed by atoms with Crippen LogP contribution in [0.3, 0.4) is 0 Å². The molecule has 0 amide bonds. The summed E-state index contributed by atoms with van der Waals surface area (Å²) in [6, 6.07) is 4.37. The summed E-state index contributed by atoms with van der Waals surface area (Å²) in [7, 11) is 0. The molecule has 2 heteroatoms. The molecule has 1 heterocycles. The molecule has 1 nitrogen and oxygen atoms in total. The molecule has 72 valence electrons. The first-order valence-corrected chi connectivity index (χ1v) is 5.95. The van der Waals surface area contributed by atoms with Crippen LogP contribution in [0.1, 0.15) is 30.6 Å². The Labute approximate surface area is 84.0 Å². The smallest absolute Gasteiger partial charge is 0.00512 e. The van der Waals surface area contributed by atoms with E-state index in [0.29, 0.717) is 5.41 Å². The van der Waals surface area contributed by atoms with Crippen LogP contribution in [-0.2, 0) is 6.42 Å². The van der Waals surface area contributed by atoms with E-state index >= 15 is 0 Å². The standard InChI is InChI=1S/C11H17NS/c12-9-11(5-1-2-6-11)8-10-4-3-7-13-10/h3-4,7H,1-2,5-6,8-9,12H2. The number of rotatable bonds is 3. The van der Waals surface area contributed by atoms with Crippen molar-refractivity contribution in [2.24, 2.45) is 11.1 Å². The highest BCUT2D eigenvalue weighted by atomic mass is 32.1. The first-order valence-electron chi connectivity index (χ1n) is 5.07. The molecule has 0 aliphatic heterocycles. The van der Waals surface area contributed by atoms with Gasteiger partial charge in [0.25, 0.3) is 0 Å². The lowest BCUT2D eigenvalue weighted by atomic mass is 9.82. The fourth-order valence-electron chi connectivity index (χ4n) is 2.36. The highest BCUT2D eigenvalue weighted by molar-refractivity contribution is 7.09. The molecule has 13 heavy (non-hydrogen) atoms. The molecule has 0 spiro atoms. The van der Waals surface area contributed by atoms with Gasteiger partial charge in [-0.15, -0.1) is 11.3 Å². The Morgan fingerprint density at radius 1 is 1.38 bits per heavy atom. The van der Waals surface area contributed by atoms with Crippen LogP contribution >= 0.6 is 11.3 Å². The molecule has 1 aliphatic rings. The average Bonchev–Trinajstić information content (AvgIpc) is 2.77. The Morgan fingerprint density at radius 3 is 2.69 bits per heavy atom. The van der Waals surface area contributed by atoms with Crippen LogP contribution < -0.4 is 5.73 Å². The third kappa shape index (κ3) is 1.94. The van der Waals surface area contributed by atoms with Gasteiger partial charge in [0.05, 0.1) is 0 Å². The van der Waals surface area contributed by atoms with E-state index in [2.05, 4.69) is 17.5 Å². The van der Waals surface area contributed by atoms with Gasteiger partial charge in [-0.3, -0.25) is 0 Å². The minimum absolute atomic E-state index is 0.449. The summed E-state index contributed by atoms with van der Waals surface area (Å²) in [6.45, 7) is 0.866. The van der Waals surface area contributed by atoms with E-state index in [1.165, 1.54) is 37.0 Å². The van der Waals surface area contributed by atoms with Crippen molar-refractivity contribution in [1.29, 1.82) is 0 Å². The van der Waals surface area contributed by atoms with Crippen LogP contribution in [0.25, 0.3) is 0 Å². The molecule has 0 atom stereocenters. The van der Waals surface area contributed by atoms with Crippen molar-refractivity contribution in [1.82, 2.24) is 0 Å². The average molecular weight is 195 g/mol. The third-order valence-corrected chi connectivity index (χ3v) is 4.10. The summed E-state index contributed by atoms with van der Waals surface area (Å²) >= 11 is 1.87. The summed E-state index contributed by atoms with van der Waals surface area (Å²) in [5, 5.41) is 2.16. The lowest BCUT2D eigenvalue weighted by molar-refractivity contribution is 0.309. The first kappa shape index (κ1) is 9.22. The molecule has 1 aromatic heterocycles. The molecule has 1 saturated carbocycles. The van der Waals surface area contributed by atoms with Crippen LogP contribution in [0.15, 0.2) is 17.5 Å². The molecule has 0 unspecified atom stereocenters. The van der Waals surface area contributed by atoms with Crippen molar-refractivity contribution in [3.8, 4) is 0 Å². The molecule has 1 aliphatic carbocycles. The zero-order valence-electron chi connectivity index (χ0n) is 7.96. The number of hydrogen-bond acceptors (Lipinski definition) is 2. The number of hydrogen-bond donors (Lipinski definition) is 1. The predicted molar refractivity (Wildman–Crippen MR) is 58.0 cm³/mol. The number of thiophene rings is 1. The molecular formula is C11H17NS. The van der Waals surface area contributed by atoms with Gasteiger partial charge in [-0.05, 0) is 42.7 Å². The summed E-state index contributed by atoms with van der Waals surface area (Å²) in [4.78, 5) is 1.51. The summed E-state index contributed by atoms with van der Waals surface area (Å²) in [5.74, 6) is 0. The Morgan fingerprint density at radius 2 is 2.15 bits per heavy atom.